The van der Waals surface area contributed by atoms with Gasteiger partial charge in [0.2, 0.25) is 0 Å². The van der Waals surface area contributed by atoms with Crippen molar-refractivity contribution in [3.8, 4) is 0 Å². The maximum Gasteiger partial charge on any atom is 0.417 e. The Morgan fingerprint density at radius 2 is 1.85 bits per heavy atom. The van der Waals surface area contributed by atoms with Crippen LogP contribution in [0.4, 0.5) is 18.9 Å². The number of benzene rings is 1. The fourth-order valence-corrected chi connectivity index (χ4v) is 1.63. The van der Waals surface area contributed by atoms with Crippen LogP contribution in [0.2, 0.25) is 5.02 Å². The molecule has 1 nitrogen and oxygen atoms in total. The fraction of sp³-hybridized carbons (Fsp3) is 0.143. The molecule has 0 fully saturated rings. The average Bonchev–Trinajstić information content (AvgIpc) is 1.98. The minimum absolute atomic E-state index is 0.0971. The molecular weight excluding hydrogens is 270 g/mol. The number of hydrogen-bond donors (Lipinski definition) is 1. The standard InChI is InChI=1S/C7H4BrClF3N/c8-5-3(7(10,11)12)1-2-4(9)6(5)13/h1-2H,13H2. The molecule has 1 aromatic carbocycles. The summed E-state index contributed by atoms with van der Waals surface area (Å²) in [7, 11) is 0. The Hall–Kier alpha value is -0.420. The van der Waals surface area contributed by atoms with Crippen molar-refractivity contribution in [2.45, 2.75) is 6.18 Å². The van der Waals surface area contributed by atoms with Gasteiger partial charge in [0.1, 0.15) is 0 Å². The summed E-state index contributed by atoms with van der Waals surface area (Å²) in [6.07, 6.45) is -4.42. The highest BCUT2D eigenvalue weighted by Gasteiger charge is 2.33. The van der Waals surface area contributed by atoms with Crippen molar-refractivity contribution in [3.05, 3.63) is 27.2 Å². The summed E-state index contributed by atoms with van der Waals surface area (Å²) in [5, 5.41) is 0.0971. The second-order valence-electron chi connectivity index (χ2n) is 2.32. The number of hydrogen-bond acceptors (Lipinski definition) is 1. The predicted octanol–water partition coefficient (Wildman–Crippen LogP) is 3.70. The SMILES string of the molecule is Nc1c(Cl)ccc(C(F)(F)F)c1Br. The molecular formula is C7H4BrClF3N. The van der Waals surface area contributed by atoms with Crippen molar-refractivity contribution in [3.63, 3.8) is 0 Å². The largest absolute Gasteiger partial charge is 0.417 e. The van der Waals surface area contributed by atoms with Crippen molar-refractivity contribution < 1.29 is 13.2 Å². The molecule has 0 atom stereocenters. The van der Waals surface area contributed by atoms with E-state index in [-0.39, 0.29) is 15.2 Å². The second kappa shape index (κ2) is 3.38. The van der Waals surface area contributed by atoms with Crippen LogP contribution in [0.5, 0.6) is 0 Å². The Morgan fingerprint density at radius 1 is 1.31 bits per heavy atom. The third kappa shape index (κ3) is 2.08. The molecule has 0 saturated carbocycles. The number of nitrogen functional groups attached to an aromatic ring is 1. The van der Waals surface area contributed by atoms with Gasteiger partial charge in [-0.2, -0.15) is 13.2 Å². The van der Waals surface area contributed by atoms with Gasteiger partial charge in [0.25, 0.3) is 0 Å². The molecule has 0 heterocycles. The van der Waals surface area contributed by atoms with E-state index in [1.165, 1.54) is 0 Å². The zero-order chi connectivity index (χ0) is 10.2. The fourth-order valence-electron chi connectivity index (χ4n) is 0.788. The molecule has 0 unspecified atom stereocenters. The first-order chi connectivity index (χ1) is 5.84. The molecule has 0 saturated heterocycles. The van der Waals surface area contributed by atoms with Gasteiger partial charge in [-0.1, -0.05) is 11.6 Å². The lowest BCUT2D eigenvalue weighted by atomic mass is 10.2. The van der Waals surface area contributed by atoms with E-state index in [2.05, 4.69) is 15.9 Å². The van der Waals surface area contributed by atoms with Gasteiger partial charge in [0.15, 0.2) is 0 Å². The zero-order valence-corrected chi connectivity index (χ0v) is 8.46. The van der Waals surface area contributed by atoms with Crippen LogP contribution in [0.1, 0.15) is 5.56 Å². The highest BCUT2D eigenvalue weighted by molar-refractivity contribution is 9.10. The van der Waals surface area contributed by atoms with Gasteiger partial charge < -0.3 is 5.73 Å². The van der Waals surface area contributed by atoms with Crippen LogP contribution in [-0.2, 0) is 6.18 Å². The molecule has 0 bridgehead atoms. The number of anilines is 1. The quantitative estimate of drug-likeness (QED) is 0.717. The van der Waals surface area contributed by atoms with Crippen LogP contribution in [-0.4, -0.2) is 0 Å². The van der Waals surface area contributed by atoms with E-state index in [1.807, 2.05) is 0 Å². The molecule has 0 aliphatic carbocycles. The van der Waals surface area contributed by atoms with Crippen molar-refractivity contribution >= 4 is 33.2 Å². The number of halogens is 5. The van der Waals surface area contributed by atoms with Gasteiger partial charge >= 0.3 is 6.18 Å². The summed E-state index contributed by atoms with van der Waals surface area (Å²) >= 11 is 8.25. The van der Waals surface area contributed by atoms with Gasteiger partial charge in [0.05, 0.1) is 20.7 Å². The molecule has 0 radical (unpaired) electrons. The molecule has 1 rings (SSSR count). The molecule has 6 heteroatoms. The van der Waals surface area contributed by atoms with Crippen LogP contribution in [0.3, 0.4) is 0 Å². The monoisotopic (exact) mass is 273 g/mol. The third-order valence-electron chi connectivity index (χ3n) is 1.43. The van der Waals surface area contributed by atoms with Crippen molar-refractivity contribution in [2.24, 2.45) is 0 Å². The van der Waals surface area contributed by atoms with E-state index in [4.69, 9.17) is 17.3 Å². The van der Waals surface area contributed by atoms with E-state index in [0.29, 0.717) is 0 Å². The van der Waals surface area contributed by atoms with E-state index in [0.717, 1.165) is 12.1 Å². The van der Waals surface area contributed by atoms with Gasteiger partial charge in [-0.25, -0.2) is 0 Å². The molecule has 0 spiro atoms. The normalized spacial score (nSPS) is 11.8. The first-order valence-corrected chi connectivity index (χ1v) is 4.32. The number of nitrogens with two attached hydrogens (primary N) is 1. The van der Waals surface area contributed by atoms with E-state index >= 15 is 0 Å². The van der Waals surface area contributed by atoms with E-state index < -0.39 is 11.7 Å². The predicted molar refractivity (Wildman–Crippen MR) is 48.6 cm³/mol. The Morgan fingerprint density at radius 3 is 2.31 bits per heavy atom. The highest BCUT2D eigenvalue weighted by Crippen LogP contribution is 2.39. The first-order valence-electron chi connectivity index (χ1n) is 3.14. The number of rotatable bonds is 0. The number of alkyl halides is 3. The first kappa shape index (κ1) is 10.7. The Kier molecular flexibility index (Phi) is 2.77. The summed E-state index contributed by atoms with van der Waals surface area (Å²) < 4.78 is 36.5. The summed E-state index contributed by atoms with van der Waals surface area (Å²) in [6.45, 7) is 0. The molecule has 0 aromatic heterocycles. The van der Waals surface area contributed by atoms with Gasteiger partial charge in [-0.3, -0.25) is 0 Å². The molecule has 13 heavy (non-hydrogen) atoms. The minimum Gasteiger partial charge on any atom is -0.397 e. The molecule has 0 amide bonds. The lowest BCUT2D eigenvalue weighted by Crippen LogP contribution is -2.07. The van der Waals surface area contributed by atoms with Crippen LogP contribution in [0.25, 0.3) is 0 Å². The molecule has 2 N–H and O–H groups in total. The van der Waals surface area contributed by atoms with Crippen molar-refractivity contribution in [2.75, 3.05) is 5.73 Å². The topological polar surface area (TPSA) is 26.0 Å². The third-order valence-corrected chi connectivity index (χ3v) is 2.62. The summed E-state index contributed by atoms with van der Waals surface area (Å²) in [4.78, 5) is 0. The summed E-state index contributed by atoms with van der Waals surface area (Å²) in [5.74, 6) is 0. The molecule has 72 valence electrons. The summed E-state index contributed by atoms with van der Waals surface area (Å²) in [5.41, 5.74) is 4.38. The van der Waals surface area contributed by atoms with Gasteiger partial charge in [-0.05, 0) is 28.1 Å². The Balaban J connectivity index is 3.35. The molecule has 1 aromatic rings. The summed E-state index contributed by atoms with van der Waals surface area (Å²) in [6, 6.07) is 1.99. The van der Waals surface area contributed by atoms with Gasteiger partial charge in [-0.15, -0.1) is 0 Å². The van der Waals surface area contributed by atoms with Crippen molar-refractivity contribution in [1.29, 1.82) is 0 Å². The maximum atomic E-state index is 12.2. The Labute approximate surface area is 85.8 Å². The maximum absolute atomic E-state index is 12.2. The van der Waals surface area contributed by atoms with Crippen LogP contribution >= 0.6 is 27.5 Å². The molecule has 0 aliphatic heterocycles. The smallest absolute Gasteiger partial charge is 0.397 e. The second-order valence-corrected chi connectivity index (χ2v) is 3.52. The van der Waals surface area contributed by atoms with Gasteiger partial charge in [0, 0.05) is 0 Å². The van der Waals surface area contributed by atoms with Crippen molar-refractivity contribution in [1.82, 2.24) is 0 Å². The Bertz CT molecular complexity index is 337. The minimum atomic E-state index is -4.42. The molecule has 0 aliphatic rings. The zero-order valence-electron chi connectivity index (χ0n) is 6.12. The van der Waals surface area contributed by atoms with E-state index in [9.17, 15) is 13.2 Å². The van der Waals surface area contributed by atoms with Crippen LogP contribution in [0.15, 0.2) is 16.6 Å². The average molecular weight is 274 g/mol. The van der Waals surface area contributed by atoms with Crippen LogP contribution < -0.4 is 5.73 Å². The highest BCUT2D eigenvalue weighted by atomic mass is 79.9. The lowest BCUT2D eigenvalue weighted by Gasteiger charge is -2.11. The van der Waals surface area contributed by atoms with Crippen LogP contribution in [0, 0.1) is 0 Å². The van der Waals surface area contributed by atoms with E-state index in [1.54, 1.807) is 0 Å². The lowest BCUT2D eigenvalue weighted by molar-refractivity contribution is -0.138.